The van der Waals surface area contributed by atoms with Gasteiger partial charge < -0.3 is 14.6 Å². The van der Waals surface area contributed by atoms with E-state index in [9.17, 15) is 14.7 Å². The molecule has 1 atom stereocenters. The molecule has 0 heterocycles. The van der Waals surface area contributed by atoms with E-state index in [-0.39, 0.29) is 12.2 Å². The van der Waals surface area contributed by atoms with Gasteiger partial charge in [0.1, 0.15) is 11.5 Å². The molecule has 0 aliphatic rings. The van der Waals surface area contributed by atoms with Crippen LogP contribution in [0.2, 0.25) is 0 Å². The first-order valence-corrected chi connectivity index (χ1v) is 14.8. The predicted molar refractivity (Wildman–Crippen MR) is 154 cm³/mol. The Bertz CT molecular complexity index is 904. The molecule has 0 saturated carbocycles. The van der Waals surface area contributed by atoms with Gasteiger partial charge >= 0.3 is 5.97 Å². The van der Waals surface area contributed by atoms with Gasteiger partial charge in [-0.3, -0.25) is 4.79 Å². The average Bonchev–Trinajstić information content (AvgIpc) is 2.92. The van der Waals surface area contributed by atoms with Crippen molar-refractivity contribution >= 4 is 11.8 Å². The molecule has 0 bridgehead atoms. The molecule has 2 aromatic rings. The first kappa shape index (κ1) is 31.6. The number of unbranched alkanes of at least 4 members (excludes halogenated alkanes) is 11. The van der Waals surface area contributed by atoms with Crippen molar-refractivity contribution in [2.75, 3.05) is 6.61 Å². The SMILES string of the molecule is CCCCCCCCCCCCOc1ccc(C(=O)Oc2ccc(C(=O)CC(O)CCCCC)cc2)cc1. The van der Waals surface area contributed by atoms with E-state index in [4.69, 9.17) is 9.47 Å². The van der Waals surface area contributed by atoms with Gasteiger partial charge in [0.15, 0.2) is 5.78 Å². The van der Waals surface area contributed by atoms with Crippen molar-refractivity contribution in [3.8, 4) is 11.5 Å². The zero-order valence-corrected chi connectivity index (χ0v) is 23.6. The Morgan fingerprint density at radius 1 is 0.658 bits per heavy atom. The maximum atomic E-state index is 12.5. The number of hydrogen-bond donors (Lipinski definition) is 1. The highest BCUT2D eigenvalue weighted by Crippen LogP contribution is 2.19. The Balaban J connectivity index is 1.65. The zero-order chi connectivity index (χ0) is 27.4. The molecule has 0 aliphatic carbocycles. The second-order valence-electron chi connectivity index (χ2n) is 10.2. The van der Waals surface area contributed by atoms with Gasteiger partial charge in [-0.25, -0.2) is 4.79 Å². The predicted octanol–water partition coefficient (Wildman–Crippen LogP) is 8.72. The number of aliphatic hydroxyl groups excluding tert-OH is 1. The molecule has 2 aromatic carbocycles. The first-order valence-electron chi connectivity index (χ1n) is 14.8. The third-order valence-corrected chi connectivity index (χ3v) is 6.81. The average molecular weight is 525 g/mol. The van der Waals surface area contributed by atoms with Crippen molar-refractivity contribution in [3.63, 3.8) is 0 Å². The van der Waals surface area contributed by atoms with Gasteiger partial charge in [-0.15, -0.1) is 0 Å². The third-order valence-electron chi connectivity index (χ3n) is 6.81. The van der Waals surface area contributed by atoms with Crippen LogP contribution in [0, 0.1) is 0 Å². The summed E-state index contributed by atoms with van der Waals surface area (Å²) >= 11 is 0. The minimum atomic E-state index is -0.617. The van der Waals surface area contributed by atoms with Gasteiger partial charge in [0, 0.05) is 12.0 Å². The van der Waals surface area contributed by atoms with E-state index < -0.39 is 12.1 Å². The second-order valence-corrected chi connectivity index (χ2v) is 10.2. The molecule has 1 unspecified atom stereocenters. The minimum Gasteiger partial charge on any atom is -0.494 e. The van der Waals surface area contributed by atoms with E-state index in [2.05, 4.69) is 13.8 Å². The number of hydrogen-bond acceptors (Lipinski definition) is 5. The summed E-state index contributed by atoms with van der Waals surface area (Å²) in [4.78, 5) is 24.9. The molecular formula is C33H48O5. The molecule has 0 fully saturated rings. The van der Waals surface area contributed by atoms with E-state index in [1.807, 2.05) is 0 Å². The van der Waals surface area contributed by atoms with Crippen LogP contribution in [0.5, 0.6) is 11.5 Å². The van der Waals surface area contributed by atoms with Crippen LogP contribution in [0.4, 0.5) is 0 Å². The van der Waals surface area contributed by atoms with Crippen molar-refractivity contribution in [1.82, 2.24) is 0 Å². The zero-order valence-electron chi connectivity index (χ0n) is 23.6. The Hall–Kier alpha value is -2.66. The van der Waals surface area contributed by atoms with E-state index >= 15 is 0 Å². The fourth-order valence-corrected chi connectivity index (χ4v) is 4.41. The number of Topliss-reactive ketones (excluding diaryl/α,β-unsaturated/α-hetero) is 1. The van der Waals surface area contributed by atoms with E-state index in [1.54, 1.807) is 48.5 Å². The van der Waals surface area contributed by atoms with Crippen LogP contribution in [0.3, 0.4) is 0 Å². The highest BCUT2D eigenvalue weighted by Gasteiger charge is 2.14. The molecule has 0 radical (unpaired) electrons. The standard InChI is InChI=1S/C33H48O5/c1-3-5-7-8-9-10-11-12-13-15-25-37-30-21-19-28(20-22-30)33(36)38-31-23-17-27(18-24-31)32(35)26-29(34)16-14-6-4-2/h17-24,29,34H,3-16,25-26H2,1-2H3. The summed E-state index contributed by atoms with van der Waals surface area (Å²) in [6, 6.07) is 13.5. The maximum absolute atomic E-state index is 12.5. The fourth-order valence-electron chi connectivity index (χ4n) is 4.41. The van der Waals surface area contributed by atoms with Crippen LogP contribution in [-0.4, -0.2) is 29.6 Å². The molecule has 38 heavy (non-hydrogen) atoms. The number of benzene rings is 2. The van der Waals surface area contributed by atoms with Crippen LogP contribution < -0.4 is 9.47 Å². The monoisotopic (exact) mass is 524 g/mol. The summed E-state index contributed by atoms with van der Waals surface area (Å²) in [7, 11) is 0. The van der Waals surface area contributed by atoms with Crippen molar-refractivity contribution in [2.24, 2.45) is 0 Å². The van der Waals surface area contributed by atoms with Gasteiger partial charge in [0.2, 0.25) is 0 Å². The number of esters is 1. The van der Waals surface area contributed by atoms with E-state index in [0.717, 1.165) is 31.4 Å². The number of aliphatic hydroxyl groups is 1. The molecule has 0 amide bonds. The fraction of sp³-hybridized carbons (Fsp3) is 0.576. The summed E-state index contributed by atoms with van der Waals surface area (Å²) in [5.74, 6) is 0.547. The minimum absolute atomic E-state index is 0.108. The number of carbonyl (C=O) groups excluding carboxylic acids is 2. The molecule has 0 saturated heterocycles. The normalized spacial score (nSPS) is 11.8. The molecule has 5 nitrogen and oxygen atoms in total. The molecule has 1 N–H and O–H groups in total. The number of ether oxygens (including phenoxy) is 2. The quantitative estimate of drug-likeness (QED) is 0.0765. The van der Waals surface area contributed by atoms with Crippen LogP contribution in [0.15, 0.2) is 48.5 Å². The lowest BCUT2D eigenvalue weighted by Crippen LogP contribution is -2.13. The van der Waals surface area contributed by atoms with Crippen LogP contribution in [0.1, 0.15) is 131 Å². The molecule has 0 aliphatic heterocycles. The summed E-state index contributed by atoms with van der Waals surface area (Å²) in [6.07, 6.45) is 16.1. The summed E-state index contributed by atoms with van der Waals surface area (Å²) in [5.41, 5.74) is 0.940. The molecule has 210 valence electrons. The van der Waals surface area contributed by atoms with Crippen molar-refractivity contribution < 1.29 is 24.2 Å². The summed E-state index contributed by atoms with van der Waals surface area (Å²) in [6.45, 7) is 5.04. The third kappa shape index (κ3) is 13.2. The molecule has 0 aromatic heterocycles. The Morgan fingerprint density at radius 2 is 1.16 bits per heavy atom. The van der Waals surface area contributed by atoms with E-state index in [1.165, 1.54) is 57.8 Å². The van der Waals surface area contributed by atoms with Crippen molar-refractivity contribution in [3.05, 3.63) is 59.7 Å². The number of carbonyl (C=O) groups is 2. The Morgan fingerprint density at radius 3 is 1.76 bits per heavy atom. The Kier molecular flexibility index (Phi) is 16.1. The highest BCUT2D eigenvalue weighted by molar-refractivity contribution is 5.96. The lowest BCUT2D eigenvalue weighted by molar-refractivity contribution is 0.0734. The van der Waals surface area contributed by atoms with Gasteiger partial charge in [0.25, 0.3) is 0 Å². The summed E-state index contributed by atoms with van der Waals surface area (Å²) < 4.78 is 11.3. The smallest absolute Gasteiger partial charge is 0.343 e. The van der Waals surface area contributed by atoms with Crippen molar-refractivity contribution in [2.45, 2.75) is 116 Å². The topological polar surface area (TPSA) is 72.8 Å². The van der Waals surface area contributed by atoms with Gasteiger partial charge in [-0.1, -0.05) is 90.9 Å². The van der Waals surface area contributed by atoms with E-state index in [0.29, 0.717) is 29.9 Å². The highest BCUT2D eigenvalue weighted by atomic mass is 16.5. The molecule has 5 heteroatoms. The first-order chi connectivity index (χ1) is 18.5. The molecule has 0 spiro atoms. The van der Waals surface area contributed by atoms with Gasteiger partial charge in [-0.05, 0) is 61.4 Å². The Labute approximate surface area is 229 Å². The maximum Gasteiger partial charge on any atom is 0.343 e. The largest absolute Gasteiger partial charge is 0.494 e. The van der Waals surface area contributed by atoms with Crippen LogP contribution in [-0.2, 0) is 0 Å². The summed E-state index contributed by atoms with van der Waals surface area (Å²) in [5, 5.41) is 10.1. The lowest BCUT2D eigenvalue weighted by atomic mass is 10.0. The van der Waals surface area contributed by atoms with Gasteiger partial charge in [0.05, 0.1) is 18.3 Å². The number of ketones is 1. The van der Waals surface area contributed by atoms with Crippen LogP contribution in [0.25, 0.3) is 0 Å². The van der Waals surface area contributed by atoms with Crippen molar-refractivity contribution in [1.29, 1.82) is 0 Å². The second kappa shape index (κ2) is 19.4. The van der Waals surface area contributed by atoms with Crippen LogP contribution >= 0.6 is 0 Å². The lowest BCUT2D eigenvalue weighted by Gasteiger charge is -2.10. The number of rotatable bonds is 21. The molecular weight excluding hydrogens is 476 g/mol. The molecule has 2 rings (SSSR count). The van der Waals surface area contributed by atoms with Gasteiger partial charge in [-0.2, -0.15) is 0 Å².